The van der Waals surface area contributed by atoms with Gasteiger partial charge in [-0.3, -0.25) is 4.90 Å². The highest BCUT2D eigenvalue weighted by atomic mass is 32.1. The van der Waals surface area contributed by atoms with Crippen LogP contribution < -0.4 is 5.32 Å². The topological polar surface area (TPSA) is 15.3 Å². The monoisotopic (exact) mass is 280 g/mol. The summed E-state index contributed by atoms with van der Waals surface area (Å²) in [6, 6.07) is 6.37. The Morgan fingerprint density at radius 1 is 1.37 bits per heavy atom. The molecule has 0 spiro atoms. The van der Waals surface area contributed by atoms with E-state index in [-0.39, 0.29) is 0 Å². The molecule has 0 saturated carbocycles. The Labute approximate surface area is 122 Å². The van der Waals surface area contributed by atoms with Crippen molar-refractivity contribution < 1.29 is 0 Å². The molecule has 1 fully saturated rings. The van der Waals surface area contributed by atoms with Gasteiger partial charge in [0.1, 0.15) is 0 Å². The summed E-state index contributed by atoms with van der Waals surface area (Å²) >= 11 is 1.91. The fourth-order valence-corrected chi connectivity index (χ4v) is 4.55. The summed E-state index contributed by atoms with van der Waals surface area (Å²) in [7, 11) is 2.10. The molecular formula is C16H28N2S. The van der Waals surface area contributed by atoms with E-state index in [9.17, 15) is 0 Å². The van der Waals surface area contributed by atoms with Gasteiger partial charge in [0.25, 0.3) is 0 Å². The molecule has 2 rings (SSSR count). The van der Waals surface area contributed by atoms with Crippen LogP contribution >= 0.6 is 11.3 Å². The maximum Gasteiger partial charge on any atom is 0.0467 e. The van der Waals surface area contributed by atoms with E-state index in [4.69, 9.17) is 0 Å². The van der Waals surface area contributed by atoms with Gasteiger partial charge in [0, 0.05) is 29.5 Å². The Morgan fingerprint density at radius 2 is 2.11 bits per heavy atom. The Kier molecular flexibility index (Phi) is 5.04. The highest BCUT2D eigenvalue weighted by molar-refractivity contribution is 7.10. The molecule has 4 atom stereocenters. The summed E-state index contributed by atoms with van der Waals surface area (Å²) in [6.07, 6.45) is 1.26. The number of hydrogen-bond acceptors (Lipinski definition) is 3. The zero-order valence-electron chi connectivity index (χ0n) is 12.9. The first kappa shape index (κ1) is 15.0. The van der Waals surface area contributed by atoms with E-state index < -0.39 is 0 Å². The summed E-state index contributed by atoms with van der Waals surface area (Å²) in [5.41, 5.74) is 0. The van der Waals surface area contributed by atoms with Gasteiger partial charge in [-0.25, -0.2) is 0 Å². The van der Waals surface area contributed by atoms with Crippen LogP contribution in [0.25, 0.3) is 0 Å². The first-order valence-corrected chi connectivity index (χ1v) is 8.40. The molecule has 1 aromatic heterocycles. The standard InChI is InChI=1S/C16H28N2S/c1-11(2)16(15-7-6-10-19-15)18-9-8-14(17-5)12(3)13(18)4/h6-7,10-14,16-17H,8-9H2,1-5H3. The smallest absolute Gasteiger partial charge is 0.0467 e. The van der Waals surface area contributed by atoms with Gasteiger partial charge in [0.05, 0.1) is 0 Å². The molecule has 108 valence electrons. The van der Waals surface area contributed by atoms with E-state index >= 15 is 0 Å². The van der Waals surface area contributed by atoms with E-state index in [1.807, 2.05) is 11.3 Å². The van der Waals surface area contributed by atoms with E-state index in [2.05, 4.69) is 62.5 Å². The fourth-order valence-electron chi connectivity index (χ4n) is 3.53. The van der Waals surface area contributed by atoms with Crippen molar-refractivity contribution in [3.63, 3.8) is 0 Å². The largest absolute Gasteiger partial charge is 0.317 e. The molecule has 0 amide bonds. The number of piperidine rings is 1. The molecule has 3 heteroatoms. The Balaban J connectivity index is 2.19. The van der Waals surface area contributed by atoms with Crippen LogP contribution in [0.5, 0.6) is 0 Å². The zero-order valence-corrected chi connectivity index (χ0v) is 13.7. The molecule has 0 radical (unpaired) electrons. The van der Waals surface area contributed by atoms with Crippen molar-refractivity contribution in [2.45, 2.75) is 52.2 Å². The minimum absolute atomic E-state index is 0.579. The van der Waals surface area contributed by atoms with Gasteiger partial charge in [-0.1, -0.05) is 26.8 Å². The van der Waals surface area contributed by atoms with Gasteiger partial charge in [-0.2, -0.15) is 0 Å². The van der Waals surface area contributed by atoms with Crippen LogP contribution in [-0.4, -0.2) is 30.6 Å². The molecule has 0 aliphatic carbocycles. The van der Waals surface area contributed by atoms with E-state index in [0.717, 1.165) is 0 Å². The van der Waals surface area contributed by atoms with Crippen LogP contribution in [0.15, 0.2) is 17.5 Å². The quantitative estimate of drug-likeness (QED) is 0.903. The Hall–Kier alpha value is -0.380. The highest BCUT2D eigenvalue weighted by Crippen LogP contribution is 2.37. The van der Waals surface area contributed by atoms with Gasteiger partial charge in [0.15, 0.2) is 0 Å². The number of thiophene rings is 1. The predicted octanol–water partition coefficient (Wildman–Crippen LogP) is 3.76. The minimum Gasteiger partial charge on any atom is -0.317 e. The van der Waals surface area contributed by atoms with Gasteiger partial charge in [0.2, 0.25) is 0 Å². The van der Waals surface area contributed by atoms with Crippen LogP contribution in [0.2, 0.25) is 0 Å². The second-order valence-electron chi connectivity index (χ2n) is 6.23. The molecular weight excluding hydrogens is 252 g/mol. The molecule has 19 heavy (non-hydrogen) atoms. The van der Waals surface area contributed by atoms with Gasteiger partial charge in [-0.05, 0) is 43.7 Å². The van der Waals surface area contributed by atoms with Gasteiger partial charge >= 0.3 is 0 Å². The van der Waals surface area contributed by atoms with Crippen molar-refractivity contribution in [2.24, 2.45) is 11.8 Å². The molecule has 0 aromatic carbocycles. The van der Waals surface area contributed by atoms with Crippen LogP contribution in [0.1, 0.15) is 45.0 Å². The third kappa shape index (κ3) is 3.04. The van der Waals surface area contributed by atoms with Crippen molar-refractivity contribution in [2.75, 3.05) is 13.6 Å². The lowest BCUT2D eigenvalue weighted by Crippen LogP contribution is -2.54. The maximum atomic E-state index is 3.48. The van der Waals surface area contributed by atoms with Gasteiger partial charge in [-0.15, -0.1) is 11.3 Å². The lowest BCUT2D eigenvalue weighted by atomic mass is 9.84. The summed E-state index contributed by atoms with van der Waals surface area (Å²) in [5, 5.41) is 5.69. The minimum atomic E-state index is 0.579. The van der Waals surface area contributed by atoms with Crippen molar-refractivity contribution in [3.8, 4) is 0 Å². The average Bonchev–Trinajstić information content (AvgIpc) is 2.88. The SMILES string of the molecule is CNC1CCN(C(c2cccs2)C(C)C)C(C)C1C. The summed E-state index contributed by atoms with van der Waals surface area (Å²) in [6.45, 7) is 10.7. The van der Waals surface area contributed by atoms with E-state index in [0.29, 0.717) is 30.0 Å². The normalized spacial score (nSPS) is 30.7. The molecule has 0 bridgehead atoms. The van der Waals surface area contributed by atoms with Crippen LogP contribution in [0.3, 0.4) is 0 Å². The zero-order chi connectivity index (χ0) is 14.0. The maximum absolute atomic E-state index is 3.48. The van der Waals surface area contributed by atoms with Gasteiger partial charge < -0.3 is 5.32 Å². The van der Waals surface area contributed by atoms with Crippen molar-refractivity contribution in [1.29, 1.82) is 0 Å². The molecule has 2 heterocycles. The number of nitrogens with zero attached hydrogens (tertiary/aromatic N) is 1. The number of nitrogens with one attached hydrogen (secondary N) is 1. The fraction of sp³-hybridized carbons (Fsp3) is 0.750. The second kappa shape index (κ2) is 6.38. The average molecular weight is 280 g/mol. The molecule has 1 aliphatic heterocycles. The molecule has 2 nitrogen and oxygen atoms in total. The lowest BCUT2D eigenvalue weighted by molar-refractivity contribution is 0.0310. The van der Waals surface area contributed by atoms with Crippen molar-refractivity contribution in [1.82, 2.24) is 10.2 Å². The van der Waals surface area contributed by atoms with Crippen LogP contribution in [0.4, 0.5) is 0 Å². The molecule has 1 aliphatic rings. The summed E-state index contributed by atoms with van der Waals surface area (Å²) < 4.78 is 0. The predicted molar refractivity (Wildman–Crippen MR) is 84.7 cm³/mol. The third-order valence-corrected chi connectivity index (χ3v) is 5.75. The first-order chi connectivity index (χ1) is 9.06. The third-order valence-electron chi connectivity index (χ3n) is 4.81. The molecule has 1 saturated heterocycles. The van der Waals surface area contributed by atoms with Crippen molar-refractivity contribution in [3.05, 3.63) is 22.4 Å². The Morgan fingerprint density at radius 3 is 2.63 bits per heavy atom. The highest BCUT2D eigenvalue weighted by Gasteiger charge is 2.37. The van der Waals surface area contributed by atoms with Crippen molar-refractivity contribution >= 4 is 11.3 Å². The second-order valence-corrected chi connectivity index (χ2v) is 7.20. The molecule has 4 unspecified atom stereocenters. The number of rotatable bonds is 4. The molecule has 1 N–H and O–H groups in total. The number of likely N-dealkylation sites (tertiary alicyclic amines) is 1. The van der Waals surface area contributed by atoms with E-state index in [1.54, 1.807) is 0 Å². The summed E-state index contributed by atoms with van der Waals surface area (Å²) in [5.74, 6) is 1.37. The molecule has 1 aromatic rings. The Bertz CT molecular complexity index is 374. The van der Waals surface area contributed by atoms with Crippen LogP contribution in [0, 0.1) is 11.8 Å². The number of hydrogen-bond donors (Lipinski definition) is 1. The van der Waals surface area contributed by atoms with Crippen LogP contribution in [-0.2, 0) is 0 Å². The lowest BCUT2D eigenvalue weighted by Gasteiger charge is -2.47. The van der Waals surface area contributed by atoms with E-state index in [1.165, 1.54) is 17.8 Å². The summed E-state index contributed by atoms with van der Waals surface area (Å²) in [4.78, 5) is 4.26. The first-order valence-electron chi connectivity index (χ1n) is 7.52.